The number of carbonyl (C=O) groups excluding carboxylic acids is 3. The van der Waals surface area contributed by atoms with E-state index in [1.165, 1.54) is 28.7 Å². The Kier molecular flexibility index (Phi) is 4.64. The van der Waals surface area contributed by atoms with Crippen LogP contribution < -0.4 is 0 Å². The maximum Gasteiger partial charge on any atom is 0.349 e. The second-order valence-corrected chi connectivity index (χ2v) is 7.64. The molecule has 3 rings (SSSR count). The number of ketones is 2. The maximum absolute atomic E-state index is 12.6. The molecule has 0 saturated heterocycles. The van der Waals surface area contributed by atoms with Crippen LogP contribution >= 0.6 is 11.3 Å². The predicted molar refractivity (Wildman–Crippen MR) is 95.8 cm³/mol. The van der Waals surface area contributed by atoms with Crippen molar-refractivity contribution >= 4 is 28.9 Å². The molecule has 0 spiro atoms. The summed E-state index contributed by atoms with van der Waals surface area (Å²) in [4.78, 5) is 41.4. The fraction of sp³-hybridized carbons (Fsp3) is 0.421. The summed E-state index contributed by atoms with van der Waals surface area (Å²) in [5.41, 5.74) is 3.33. The Morgan fingerprint density at radius 1 is 1.24 bits per heavy atom. The zero-order valence-corrected chi connectivity index (χ0v) is 15.6. The summed E-state index contributed by atoms with van der Waals surface area (Å²) in [5, 5.41) is 0. The fourth-order valence-electron chi connectivity index (χ4n) is 3.43. The van der Waals surface area contributed by atoms with Gasteiger partial charge in [-0.1, -0.05) is 0 Å². The molecule has 6 heteroatoms. The molecular weight excluding hydrogens is 338 g/mol. The first-order valence-electron chi connectivity index (χ1n) is 8.36. The average molecular weight is 359 g/mol. The number of aryl methyl sites for hydroxylation is 3. The van der Waals surface area contributed by atoms with Gasteiger partial charge in [0, 0.05) is 16.1 Å². The number of rotatable bonds is 5. The molecule has 1 aliphatic rings. The van der Waals surface area contributed by atoms with Crippen LogP contribution in [0.1, 0.15) is 72.5 Å². The summed E-state index contributed by atoms with van der Waals surface area (Å²) in [6.45, 7) is 6.51. The summed E-state index contributed by atoms with van der Waals surface area (Å²) >= 11 is 1.45. The molecule has 1 atom stereocenters. The number of carbonyl (C=O) groups is 3. The van der Waals surface area contributed by atoms with E-state index in [-0.39, 0.29) is 11.6 Å². The number of ether oxygens (including phenoxy) is 1. The minimum Gasteiger partial charge on any atom is -0.450 e. The quantitative estimate of drug-likeness (QED) is 0.650. The Bertz CT molecular complexity index is 853. The third-order valence-corrected chi connectivity index (χ3v) is 5.85. The standard InChI is InChI=1S/C19H21NO4S/c1-9-16(11(3)21)10(2)20-17(9)18(22)12(4)24-19(23)15-8-13-6-5-7-14(13)25-15/h8,12,20H,5-7H2,1-4H3/t12-/m0/s1. The van der Waals surface area contributed by atoms with Crippen LogP contribution in [0.4, 0.5) is 0 Å². The van der Waals surface area contributed by atoms with Crippen molar-refractivity contribution in [3.8, 4) is 0 Å². The van der Waals surface area contributed by atoms with Crippen LogP contribution in [-0.4, -0.2) is 28.6 Å². The van der Waals surface area contributed by atoms with Crippen molar-refractivity contribution < 1.29 is 19.1 Å². The molecule has 25 heavy (non-hydrogen) atoms. The highest BCUT2D eigenvalue weighted by Gasteiger charge is 2.27. The third kappa shape index (κ3) is 3.18. The molecule has 0 unspecified atom stereocenters. The molecule has 2 heterocycles. The second-order valence-electron chi connectivity index (χ2n) is 6.51. The molecular formula is C19H21NO4S. The number of esters is 1. The molecule has 1 N–H and O–H groups in total. The summed E-state index contributed by atoms with van der Waals surface area (Å²) in [7, 11) is 0. The first-order chi connectivity index (χ1) is 11.8. The van der Waals surface area contributed by atoms with Gasteiger partial charge in [0.1, 0.15) is 4.88 Å². The maximum atomic E-state index is 12.6. The van der Waals surface area contributed by atoms with Crippen molar-refractivity contribution in [2.45, 2.75) is 53.1 Å². The average Bonchev–Trinajstić information content (AvgIpc) is 3.19. The van der Waals surface area contributed by atoms with Gasteiger partial charge in [0.25, 0.3) is 0 Å². The number of aromatic amines is 1. The van der Waals surface area contributed by atoms with Crippen molar-refractivity contribution in [3.05, 3.63) is 43.9 Å². The van der Waals surface area contributed by atoms with Gasteiger partial charge >= 0.3 is 5.97 Å². The molecule has 0 saturated carbocycles. The van der Waals surface area contributed by atoms with Crippen molar-refractivity contribution in [3.63, 3.8) is 0 Å². The predicted octanol–water partition coefficient (Wildman–Crippen LogP) is 3.81. The topological polar surface area (TPSA) is 76.2 Å². The zero-order valence-electron chi connectivity index (χ0n) is 14.8. The van der Waals surface area contributed by atoms with E-state index >= 15 is 0 Å². The van der Waals surface area contributed by atoms with E-state index in [2.05, 4.69) is 4.98 Å². The van der Waals surface area contributed by atoms with E-state index in [4.69, 9.17) is 4.74 Å². The Morgan fingerprint density at radius 3 is 2.56 bits per heavy atom. The van der Waals surface area contributed by atoms with E-state index in [1.54, 1.807) is 20.8 Å². The highest BCUT2D eigenvalue weighted by Crippen LogP contribution is 2.31. The van der Waals surface area contributed by atoms with Crippen LogP contribution in [0, 0.1) is 13.8 Å². The van der Waals surface area contributed by atoms with Crippen LogP contribution in [0.15, 0.2) is 6.07 Å². The summed E-state index contributed by atoms with van der Waals surface area (Å²) in [6, 6.07) is 1.88. The lowest BCUT2D eigenvalue weighted by Crippen LogP contribution is -2.25. The summed E-state index contributed by atoms with van der Waals surface area (Å²) in [6.07, 6.45) is 2.23. The first-order valence-corrected chi connectivity index (χ1v) is 9.18. The summed E-state index contributed by atoms with van der Waals surface area (Å²) < 4.78 is 5.37. The normalized spacial score (nSPS) is 14.2. The number of thiophene rings is 1. The van der Waals surface area contributed by atoms with Crippen molar-refractivity contribution in [2.24, 2.45) is 0 Å². The van der Waals surface area contributed by atoms with Gasteiger partial charge in [-0.3, -0.25) is 9.59 Å². The molecule has 0 aromatic carbocycles. The number of hydrogen-bond donors (Lipinski definition) is 1. The smallest absolute Gasteiger partial charge is 0.349 e. The Labute approximate surface area is 150 Å². The monoisotopic (exact) mass is 359 g/mol. The zero-order chi connectivity index (χ0) is 18.3. The van der Waals surface area contributed by atoms with Crippen molar-refractivity contribution in [2.75, 3.05) is 0 Å². The number of H-pyrrole nitrogens is 1. The van der Waals surface area contributed by atoms with Gasteiger partial charge in [0.15, 0.2) is 11.9 Å². The highest BCUT2D eigenvalue weighted by atomic mass is 32.1. The number of aromatic nitrogens is 1. The van der Waals surface area contributed by atoms with Gasteiger partial charge in [0.2, 0.25) is 5.78 Å². The van der Waals surface area contributed by atoms with Crippen LogP contribution in [0.3, 0.4) is 0 Å². The van der Waals surface area contributed by atoms with E-state index in [0.717, 1.165) is 19.3 Å². The number of hydrogen-bond acceptors (Lipinski definition) is 5. The molecule has 0 fully saturated rings. The van der Waals surface area contributed by atoms with Crippen LogP contribution in [0.25, 0.3) is 0 Å². The van der Waals surface area contributed by atoms with Gasteiger partial charge in [-0.25, -0.2) is 4.79 Å². The lowest BCUT2D eigenvalue weighted by Gasteiger charge is -2.11. The molecule has 0 bridgehead atoms. The molecule has 132 valence electrons. The molecule has 0 radical (unpaired) electrons. The second kappa shape index (κ2) is 6.59. The largest absolute Gasteiger partial charge is 0.450 e. The SMILES string of the molecule is CC(=O)c1c(C)[nH]c(C(=O)[C@H](C)OC(=O)c2cc3c(s2)CCC3)c1C. The van der Waals surface area contributed by atoms with E-state index in [1.807, 2.05) is 6.07 Å². The minimum absolute atomic E-state index is 0.0944. The first kappa shape index (κ1) is 17.6. The van der Waals surface area contributed by atoms with E-state index < -0.39 is 12.1 Å². The molecule has 0 aliphatic heterocycles. The number of fused-ring (bicyclic) bond motifs is 1. The fourth-order valence-corrected chi connectivity index (χ4v) is 4.57. The van der Waals surface area contributed by atoms with Crippen LogP contribution in [0.5, 0.6) is 0 Å². The van der Waals surface area contributed by atoms with E-state index in [9.17, 15) is 14.4 Å². The number of nitrogens with one attached hydrogen (secondary N) is 1. The molecule has 1 aliphatic carbocycles. The third-order valence-electron chi connectivity index (χ3n) is 4.64. The molecule has 5 nitrogen and oxygen atoms in total. The van der Waals surface area contributed by atoms with E-state index in [0.29, 0.717) is 27.4 Å². The lowest BCUT2D eigenvalue weighted by molar-refractivity contribution is 0.0321. The highest BCUT2D eigenvalue weighted by molar-refractivity contribution is 7.14. The van der Waals surface area contributed by atoms with Crippen molar-refractivity contribution in [1.82, 2.24) is 4.98 Å². The van der Waals surface area contributed by atoms with Crippen LogP contribution in [-0.2, 0) is 17.6 Å². The molecule has 2 aromatic heterocycles. The Balaban J connectivity index is 1.75. The minimum atomic E-state index is -0.916. The Hall–Kier alpha value is -2.21. The van der Waals surface area contributed by atoms with Gasteiger partial charge < -0.3 is 9.72 Å². The van der Waals surface area contributed by atoms with Gasteiger partial charge in [0.05, 0.1) is 5.69 Å². The van der Waals surface area contributed by atoms with Crippen LogP contribution in [0.2, 0.25) is 0 Å². The van der Waals surface area contributed by atoms with Gasteiger partial charge in [-0.2, -0.15) is 0 Å². The summed E-state index contributed by atoms with van der Waals surface area (Å²) in [5.74, 6) is -0.887. The molecule has 2 aromatic rings. The Morgan fingerprint density at radius 2 is 1.96 bits per heavy atom. The lowest BCUT2D eigenvalue weighted by atomic mass is 10.0. The van der Waals surface area contributed by atoms with Gasteiger partial charge in [-0.05, 0) is 64.2 Å². The van der Waals surface area contributed by atoms with Gasteiger partial charge in [-0.15, -0.1) is 11.3 Å². The number of Topliss-reactive ketones (excluding diaryl/α,β-unsaturated/α-hetero) is 2. The van der Waals surface area contributed by atoms with Crippen molar-refractivity contribution in [1.29, 1.82) is 0 Å². The molecule has 0 amide bonds.